The molecule has 2 unspecified atom stereocenters. The Labute approximate surface area is 125 Å². The number of fused-ring (bicyclic) bond motifs is 1. The largest absolute Gasteiger partial charge is 0.393 e. The van der Waals surface area contributed by atoms with Gasteiger partial charge in [0.25, 0.3) is 0 Å². The monoisotopic (exact) mass is 288 g/mol. The van der Waals surface area contributed by atoms with Gasteiger partial charge in [0.05, 0.1) is 12.5 Å². The van der Waals surface area contributed by atoms with Gasteiger partial charge in [0, 0.05) is 23.6 Å². The van der Waals surface area contributed by atoms with E-state index in [0.717, 1.165) is 16.5 Å². The van der Waals surface area contributed by atoms with Crippen LogP contribution in [0.4, 0.5) is 0 Å². The van der Waals surface area contributed by atoms with Crippen LogP contribution in [0, 0.1) is 12.8 Å². The van der Waals surface area contributed by atoms with Crippen LogP contribution < -0.4 is 5.32 Å². The van der Waals surface area contributed by atoms with Crippen molar-refractivity contribution in [3.8, 4) is 0 Å². The first kappa shape index (κ1) is 15.6. The molecule has 4 nitrogen and oxygen atoms in total. The predicted molar refractivity (Wildman–Crippen MR) is 85.2 cm³/mol. The molecule has 0 fully saturated rings. The maximum atomic E-state index is 12.0. The molecule has 21 heavy (non-hydrogen) atoms. The number of hydrogen-bond acceptors (Lipinski definition) is 2. The molecule has 0 aliphatic heterocycles. The van der Waals surface area contributed by atoms with E-state index in [2.05, 4.69) is 23.3 Å². The second kappa shape index (κ2) is 6.76. The summed E-state index contributed by atoms with van der Waals surface area (Å²) in [6.45, 7) is 6.46. The first-order valence-electron chi connectivity index (χ1n) is 7.47. The number of hydrogen-bond donors (Lipinski definition) is 3. The summed E-state index contributed by atoms with van der Waals surface area (Å²) in [6.07, 6.45) is 2.67. The Hall–Kier alpha value is -1.81. The normalized spacial score (nSPS) is 14.1. The Kier molecular flexibility index (Phi) is 5.02. The summed E-state index contributed by atoms with van der Waals surface area (Å²) in [7, 11) is 0. The van der Waals surface area contributed by atoms with Crippen LogP contribution in [0.15, 0.2) is 24.4 Å². The molecule has 0 aliphatic carbocycles. The zero-order valence-electron chi connectivity index (χ0n) is 12.9. The highest BCUT2D eigenvalue weighted by Gasteiger charge is 2.11. The summed E-state index contributed by atoms with van der Waals surface area (Å²) >= 11 is 0. The van der Waals surface area contributed by atoms with E-state index in [9.17, 15) is 9.90 Å². The molecule has 2 atom stereocenters. The highest BCUT2D eigenvalue weighted by Crippen LogP contribution is 2.21. The SMILES string of the molecule is Cc1cccc2c(CC(=O)NCC(C)CC(C)O)c[nH]c12. The van der Waals surface area contributed by atoms with Crippen molar-refractivity contribution in [2.24, 2.45) is 5.92 Å². The lowest BCUT2D eigenvalue weighted by molar-refractivity contribution is -0.120. The number of rotatable bonds is 6. The fourth-order valence-electron chi connectivity index (χ4n) is 2.70. The van der Waals surface area contributed by atoms with Crippen molar-refractivity contribution in [3.05, 3.63) is 35.5 Å². The lowest BCUT2D eigenvalue weighted by atomic mass is 10.0. The van der Waals surface area contributed by atoms with Crippen LogP contribution in [0.2, 0.25) is 0 Å². The smallest absolute Gasteiger partial charge is 0.224 e. The molecule has 0 radical (unpaired) electrons. The zero-order chi connectivity index (χ0) is 15.4. The molecule has 114 valence electrons. The molecule has 0 saturated heterocycles. The maximum Gasteiger partial charge on any atom is 0.224 e. The van der Waals surface area contributed by atoms with Crippen LogP contribution in [-0.2, 0) is 11.2 Å². The summed E-state index contributed by atoms with van der Waals surface area (Å²) in [4.78, 5) is 15.3. The molecule has 1 amide bonds. The molecule has 2 aromatic rings. The summed E-state index contributed by atoms with van der Waals surface area (Å²) in [5.74, 6) is 0.300. The Balaban J connectivity index is 1.94. The van der Waals surface area contributed by atoms with Crippen molar-refractivity contribution in [3.63, 3.8) is 0 Å². The van der Waals surface area contributed by atoms with E-state index in [1.807, 2.05) is 25.3 Å². The van der Waals surface area contributed by atoms with Gasteiger partial charge in [-0.05, 0) is 37.3 Å². The summed E-state index contributed by atoms with van der Waals surface area (Å²) in [6, 6.07) is 6.11. The first-order valence-corrected chi connectivity index (χ1v) is 7.47. The van der Waals surface area contributed by atoms with Gasteiger partial charge in [-0.25, -0.2) is 0 Å². The van der Waals surface area contributed by atoms with E-state index < -0.39 is 0 Å². The summed E-state index contributed by atoms with van der Waals surface area (Å²) in [5, 5.41) is 13.4. The number of benzene rings is 1. The first-order chi connectivity index (χ1) is 9.97. The molecule has 1 aromatic carbocycles. The second-order valence-electron chi connectivity index (χ2n) is 5.98. The molecular weight excluding hydrogens is 264 g/mol. The van der Waals surface area contributed by atoms with Gasteiger partial charge in [-0.1, -0.05) is 25.1 Å². The molecule has 0 aliphatic rings. The predicted octanol–water partition coefficient (Wildman–Crippen LogP) is 2.54. The standard InChI is InChI=1S/C17H24N2O2/c1-11(7-13(3)20)9-18-16(21)8-14-10-19-17-12(2)5-4-6-15(14)17/h4-6,10-11,13,19-20H,7-9H2,1-3H3,(H,18,21). The van der Waals surface area contributed by atoms with Gasteiger partial charge < -0.3 is 15.4 Å². The number of aryl methyl sites for hydroxylation is 1. The topological polar surface area (TPSA) is 65.1 Å². The van der Waals surface area contributed by atoms with E-state index in [1.54, 1.807) is 6.92 Å². The van der Waals surface area contributed by atoms with E-state index in [4.69, 9.17) is 0 Å². The molecule has 2 rings (SSSR count). The Morgan fingerprint density at radius 1 is 1.38 bits per heavy atom. The Morgan fingerprint density at radius 3 is 2.86 bits per heavy atom. The molecule has 0 saturated carbocycles. The lowest BCUT2D eigenvalue weighted by Crippen LogP contribution is -2.30. The number of aliphatic hydroxyl groups excluding tert-OH is 1. The van der Waals surface area contributed by atoms with Gasteiger partial charge in [0.15, 0.2) is 0 Å². The van der Waals surface area contributed by atoms with Crippen molar-refractivity contribution in [1.29, 1.82) is 0 Å². The minimum absolute atomic E-state index is 0.0230. The quantitative estimate of drug-likeness (QED) is 0.765. The molecule has 4 heteroatoms. The van der Waals surface area contributed by atoms with Gasteiger partial charge in [-0.3, -0.25) is 4.79 Å². The fourth-order valence-corrected chi connectivity index (χ4v) is 2.70. The van der Waals surface area contributed by atoms with E-state index in [-0.39, 0.29) is 17.9 Å². The third kappa shape index (κ3) is 4.08. The average Bonchev–Trinajstić information content (AvgIpc) is 2.80. The molecule has 1 aromatic heterocycles. The van der Waals surface area contributed by atoms with Crippen molar-refractivity contribution >= 4 is 16.8 Å². The van der Waals surface area contributed by atoms with Crippen LogP contribution in [0.1, 0.15) is 31.4 Å². The highest BCUT2D eigenvalue weighted by molar-refractivity contribution is 5.90. The van der Waals surface area contributed by atoms with Gasteiger partial charge in [0.2, 0.25) is 5.91 Å². The number of amides is 1. The van der Waals surface area contributed by atoms with Crippen molar-refractivity contribution in [2.75, 3.05) is 6.54 Å². The number of carbonyl (C=O) groups is 1. The van der Waals surface area contributed by atoms with Crippen molar-refractivity contribution in [2.45, 2.75) is 39.7 Å². The average molecular weight is 288 g/mol. The zero-order valence-corrected chi connectivity index (χ0v) is 12.9. The minimum atomic E-state index is -0.325. The highest BCUT2D eigenvalue weighted by atomic mass is 16.3. The summed E-state index contributed by atoms with van der Waals surface area (Å²) < 4.78 is 0. The molecule has 0 bridgehead atoms. The minimum Gasteiger partial charge on any atom is -0.393 e. The molecular formula is C17H24N2O2. The Bertz CT molecular complexity index is 616. The number of nitrogens with one attached hydrogen (secondary N) is 2. The number of aliphatic hydroxyl groups is 1. The molecule has 3 N–H and O–H groups in total. The van der Waals surface area contributed by atoms with Crippen LogP contribution in [0.5, 0.6) is 0 Å². The number of carbonyl (C=O) groups excluding carboxylic acids is 1. The maximum absolute atomic E-state index is 12.0. The van der Waals surface area contributed by atoms with Gasteiger partial charge in [-0.15, -0.1) is 0 Å². The van der Waals surface area contributed by atoms with Crippen LogP contribution >= 0.6 is 0 Å². The Morgan fingerprint density at radius 2 is 2.14 bits per heavy atom. The number of aromatic nitrogens is 1. The van der Waals surface area contributed by atoms with Crippen LogP contribution in [0.3, 0.4) is 0 Å². The number of H-pyrrole nitrogens is 1. The van der Waals surface area contributed by atoms with Crippen molar-refractivity contribution < 1.29 is 9.90 Å². The van der Waals surface area contributed by atoms with E-state index in [1.165, 1.54) is 5.56 Å². The van der Waals surface area contributed by atoms with Gasteiger partial charge in [-0.2, -0.15) is 0 Å². The van der Waals surface area contributed by atoms with Gasteiger partial charge >= 0.3 is 0 Å². The fraction of sp³-hybridized carbons (Fsp3) is 0.471. The van der Waals surface area contributed by atoms with Crippen LogP contribution in [0.25, 0.3) is 10.9 Å². The van der Waals surface area contributed by atoms with Gasteiger partial charge in [0.1, 0.15) is 0 Å². The van der Waals surface area contributed by atoms with Crippen molar-refractivity contribution in [1.82, 2.24) is 10.3 Å². The molecule has 0 spiro atoms. The third-order valence-corrected chi connectivity index (χ3v) is 3.75. The second-order valence-corrected chi connectivity index (χ2v) is 5.98. The van der Waals surface area contributed by atoms with E-state index >= 15 is 0 Å². The van der Waals surface area contributed by atoms with E-state index in [0.29, 0.717) is 19.4 Å². The lowest BCUT2D eigenvalue weighted by Gasteiger charge is -2.14. The number of aromatic amines is 1. The molecule has 1 heterocycles. The number of para-hydroxylation sites is 1. The van der Waals surface area contributed by atoms with Crippen LogP contribution in [-0.4, -0.2) is 28.6 Å². The third-order valence-electron chi connectivity index (χ3n) is 3.75. The summed E-state index contributed by atoms with van der Waals surface area (Å²) in [5.41, 5.74) is 3.31.